The summed E-state index contributed by atoms with van der Waals surface area (Å²) in [6, 6.07) is 15.8. The maximum Gasteiger partial charge on any atom is 0.280 e. The van der Waals surface area contributed by atoms with Gasteiger partial charge in [0, 0.05) is 12.2 Å². The van der Waals surface area contributed by atoms with Crippen molar-refractivity contribution in [3.8, 4) is 5.75 Å². The van der Waals surface area contributed by atoms with Crippen molar-refractivity contribution in [1.29, 1.82) is 0 Å². The number of carbonyl (C=O) groups is 1. The summed E-state index contributed by atoms with van der Waals surface area (Å²) in [6.07, 6.45) is 0.733. The molecule has 0 fully saturated rings. The van der Waals surface area contributed by atoms with Crippen LogP contribution in [0.4, 0.5) is 5.69 Å². The molecule has 2 aromatic carbocycles. The number of nitrogens with zero attached hydrogens (tertiary/aromatic N) is 4. The summed E-state index contributed by atoms with van der Waals surface area (Å²) >= 11 is 0. The van der Waals surface area contributed by atoms with Crippen molar-refractivity contribution in [3.05, 3.63) is 71.0 Å². The monoisotopic (exact) mass is 376 g/mol. The third-order valence-corrected chi connectivity index (χ3v) is 5.42. The molecule has 3 heterocycles. The Morgan fingerprint density at radius 3 is 2.82 bits per heavy atom. The lowest BCUT2D eigenvalue weighted by atomic mass is 10.1. The maximum atomic E-state index is 13.1. The molecular formula is C21H20N4O3. The molecule has 0 aliphatic carbocycles. The molecule has 0 spiro atoms. The SMILES string of the molecule is COc1ccc(C2Cn3nnc(C(=O)N4CCc5ccccc54)c3CO2)cc1. The maximum absolute atomic E-state index is 13.1. The van der Waals surface area contributed by atoms with E-state index in [4.69, 9.17) is 9.47 Å². The van der Waals surface area contributed by atoms with Gasteiger partial charge in [-0.25, -0.2) is 4.68 Å². The van der Waals surface area contributed by atoms with Crippen molar-refractivity contribution in [3.63, 3.8) is 0 Å². The van der Waals surface area contributed by atoms with Crippen LogP contribution in [0.5, 0.6) is 5.75 Å². The Morgan fingerprint density at radius 1 is 1.18 bits per heavy atom. The number of hydrogen-bond donors (Lipinski definition) is 0. The first kappa shape index (κ1) is 16.9. The highest BCUT2D eigenvalue weighted by atomic mass is 16.5. The number of fused-ring (bicyclic) bond motifs is 2. The van der Waals surface area contributed by atoms with E-state index in [0.717, 1.165) is 29.1 Å². The van der Waals surface area contributed by atoms with Crippen LogP contribution in [0.3, 0.4) is 0 Å². The van der Waals surface area contributed by atoms with Crippen LogP contribution in [-0.2, 0) is 24.3 Å². The molecule has 7 heteroatoms. The van der Waals surface area contributed by atoms with Gasteiger partial charge in [-0.3, -0.25) is 4.79 Å². The molecule has 142 valence electrons. The van der Waals surface area contributed by atoms with Crippen molar-refractivity contribution in [2.24, 2.45) is 0 Å². The Bertz CT molecular complexity index is 1030. The van der Waals surface area contributed by atoms with E-state index >= 15 is 0 Å². The van der Waals surface area contributed by atoms with Crippen LogP contribution in [0.2, 0.25) is 0 Å². The third-order valence-electron chi connectivity index (χ3n) is 5.42. The van der Waals surface area contributed by atoms with Crippen molar-refractivity contribution in [1.82, 2.24) is 15.0 Å². The van der Waals surface area contributed by atoms with Crippen LogP contribution < -0.4 is 9.64 Å². The summed E-state index contributed by atoms with van der Waals surface area (Å²) in [5.74, 6) is 0.692. The van der Waals surface area contributed by atoms with Crippen LogP contribution in [0.1, 0.15) is 33.4 Å². The highest BCUT2D eigenvalue weighted by molar-refractivity contribution is 6.06. The van der Waals surface area contributed by atoms with Gasteiger partial charge in [-0.2, -0.15) is 0 Å². The van der Waals surface area contributed by atoms with Crippen LogP contribution in [0.25, 0.3) is 0 Å². The zero-order chi connectivity index (χ0) is 19.1. The summed E-state index contributed by atoms with van der Waals surface area (Å²) in [6.45, 7) is 1.50. The average Bonchev–Trinajstić information content (AvgIpc) is 3.37. The molecule has 7 nitrogen and oxygen atoms in total. The van der Waals surface area contributed by atoms with Crippen molar-refractivity contribution >= 4 is 11.6 Å². The van der Waals surface area contributed by atoms with E-state index in [1.54, 1.807) is 16.7 Å². The van der Waals surface area contributed by atoms with Gasteiger partial charge >= 0.3 is 0 Å². The molecule has 1 unspecified atom stereocenters. The van der Waals surface area contributed by atoms with Gasteiger partial charge in [-0.05, 0) is 35.7 Å². The summed E-state index contributed by atoms with van der Waals surface area (Å²) in [4.78, 5) is 14.9. The average molecular weight is 376 g/mol. The van der Waals surface area contributed by atoms with Crippen LogP contribution in [-0.4, -0.2) is 34.6 Å². The Hall–Kier alpha value is -3.19. The Kier molecular flexibility index (Phi) is 4.09. The number of ether oxygens (including phenoxy) is 2. The quantitative estimate of drug-likeness (QED) is 0.703. The van der Waals surface area contributed by atoms with E-state index < -0.39 is 0 Å². The summed E-state index contributed by atoms with van der Waals surface area (Å²) < 4.78 is 13.0. The van der Waals surface area contributed by atoms with Crippen molar-refractivity contribution < 1.29 is 14.3 Å². The highest BCUT2D eigenvalue weighted by Crippen LogP contribution is 2.31. The zero-order valence-electron chi connectivity index (χ0n) is 15.5. The lowest BCUT2D eigenvalue weighted by Gasteiger charge is -2.25. The fraction of sp³-hybridized carbons (Fsp3) is 0.286. The number of carbonyl (C=O) groups excluding carboxylic acids is 1. The zero-order valence-corrected chi connectivity index (χ0v) is 15.5. The standard InChI is InChI=1S/C21H20N4O3/c1-27-16-8-6-15(7-9-16)19-12-25-18(13-28-19)20(22-23-25)21(26)24-11-10-14-4-2-3-5-17(14)24/h2-9,19H,10-13H2,1H3. The van der Waals surface area contributed by atoms with Gasteiger partial charge in [-0.15, -0.1) is 5.10 Å². The minimum atomic E-state index is -0.129. The van der Waals surface area contributed by atoms with Gasteiger partial charge in [0.05, 0.1) is 26.0 Å². The fourth-order valence-electron chi connectivity index (χ4n) is 3.87. The topological polar surface area (TPSA) is 69.5 Å². The lowest BCUT2D eigenvalue weighted by molar-refractivity contribution is -0.00175. The number of amides is 1. The third kappa shape index (κ3) is 2.75. The molecule has 5 rings (SSSR count). The Morgan fingerprint density at radius 2 is 2.00 bits per heavy atom. The van der Waals surface area contributed by atoms with Gasteiger partial charge in [0.1, 0.15) is 11.9 Å². The Labute approximate surface area is 162 Å². The first-order valence-corrected chi connectivity index (χ1v) is 9.32. The van der Waals surface area contributed by atoms with E-state index in [1.165, 1.54) is 5.56 Å². The Balaban J connectivity index is 1.38. The largest absolute Gasteiger partial charge is 0.497 e. The molecule has 1 atom stereocenters. The number of benzene rings is 2. The second-order valence-electron chi connectivity index (χ2n) is 6.98. The van der Waals surface area contributed by atoms with Crippen LogP contribution in [0, 0.1) is 0 Å². The number of aromatic nitrogens is 3. The van der Waals surface area contributed by atoms with Gasteiger partial charge in [-0.1, -0.05) is 35.5 Å². The van der Waals surface area contributed by atoms with Gasteiger partial charge in [0.2, 0.25) is 0 Å². The molecule has 3 aromatic rings. The molecule has 1 aromatic heterocycles. The van der Waals surface area contributed by atoms with Gasteiger partial charge in [0.15, 0.2) is 5.69 Å². The normalized spacial score (nSPS) is 17.9. The number of anilines is 1. The van der Waals surface area contributed by atoms with Crippen molar-refractivity contribution in [2.75, 3.05) is 18.6 Å². The minimum Gasteiger partial charge on any atom is -0.497 e. The molecule has 0 radical (unpaired) electrons. The molecule has 1 amide bonds. The van der Waals surface area contributed by atoms with Gasteiger partial charge < -0.3 is 14.4 Å². The molecule has 28 heavy (non-hydrogen) atoms. The predicted octanol–water partition coefficient (Wildman–Crippen LogP) is 2.76. The van der Waals surface area contributed by atoms with Gasteiger partial charge in [0.25, 0.3) is 5.91 Å². The second kappa shape index (κ2) is 6.76. The smallest absolute Gasteiger partial charge is 0.280 e. The number of hydrogen-bond acceptors (Lipinski definition) is 5. The molecule has 0 N–H and O–H groups in total. The highest BCUT2D eigenvalue weighted by Gasteiger charge is 2.32. The van der Waals surface area contributed by atoms with Crippen LogP contribution in [0.15, 0.2) is 48.5 Å². The number of methoxy groups -OCH3 is 1. The number of para-hydroxylation sites is 1. The molecule has 0 bridgehead atoms. The number of rotatable bonds is 3. The van der Waals surface area contributed by atoms with E-state index in [2.05, 4.69) is 16.4 Å². The summed E-state index contributed by atoms with van der Waals surface area (Å²) in [5, 5.41) is 8.42. The minimum absolute atomic E-state index is 0.113. The van der Waals surface area contributed by atoms with Crippen molar-refractivity contribution in [2.45, 2.75) is 25.7 Å². The first-order valence-electron chi connectivity index (χ1n) is 9.32. The molecule has 2 aliphatic heterocycles. The summed E-state index contributed by atoms with van der Waals surface area (Å²) in [7, 11) is 1.64. The first-order chi connectivity index (χ1) is 13.7. The molecular weight excluding hydrogens is 356 g/mol. The van der Waals surface area contributed by atoms with E-state index in [9.17, 15) is 4.79 Å². The predicted molar refractivity (Wildman–Crippen MR) is 102 cm³/mol. The van der Waals surface area contributed by atoms with Crippen LogP contribution >= 0.6 is 0 Å². The fourth-order valence-corrected chi connectivity index (χ4v) is 3.87. The lowest BCUT2D eigenvalue weighted by Crippen LogP contribution is -2.31. The van der Waals surface area contributed by atoms with E-state index in [0.29, 0.717) is 25.4 Å². The second-order valence-corrected chi connectivity index (χ2v) is 6.98. The summed E-state index contributed by atoms with van der Waals surface area (Å²) in [5.41, 5.74) is 4.31. The van der Waals surface area contributed by atoms with E-state index in [-0.39, 0.29) is 12.0 Å². The molecule has 0 saturated heterocycles. The molecule has 2 aliphatic rings. The van der Waals surface area contributed by atoms with E-state index in [1.807, 2.05) is 42.5 Å². The molecule has 0 saturated carbocycles.